The van der Waals surface area contributed by atoms with Gasteiger partial charge in [-0.05, 0) is 19.8 Å². The van der Waals surface area contributed by atoms with Gasteiger partial charge in [0.05, 0.1) is 12.6 Å². The summed E-state index contributed by atoms with van der Waals surface area (Å²) in [5, 5.41) is 0. The lowest BCUT2D eigenvalue weighted by atomic mass is 10.1. The smallest absolute Gasteiger partial charge is 0.379 e. The maximum absolute atomic E-state index is 11.9. The third kappa shape index (κ3) is 3.88. The number of carbonyl (C=O) groups excluding carboxylic acids is 1. The van der Waals surface area contributed by atoms with Gasteiger partial charge in [0.15, 0.2) is 0 Å². The Morgan fingerprint density at radius 2 is 2.25 bits per heavy atom. The van der Waals surface area contributed by atoms with Gasteiger partial charge in [-0.3, -0.25) is 0 Å². The lowest BCUT2D eigenvalue weighted by Gasteiger charge is -2.32. The van der Waals surface area contributed by atoms with Crippen LogP contribution in [0.1, 0.15) is 19.8 Å². The SMILES string of the molecule is CCN(C(=O)OC(F)(F)F)C1CCCOC1. The molecule has 1 rings (SSSR count). The lowest BCUT2D eigenvalue weighted by molar-refractivity contribution is -0.295. The van der Waals surface area contributed by atoms with Gasteiger partial charge in [0.25, 0.3) is 0 Å². The van der Waals surface area contributed by atoms with Crippen LogP contribution in [-0.4, -0.2) is 43.2 Å². The topological polar surface area (TPSA) is 38.8 Å². The highest BCUT2D eigenvalue weighted by atomic mass is 19.4. The monoisotopic (exact) mass is 241 g/mol. The first kappa shape index (κ1) is 13.1. The van der Waals surface area contributed by atoms with Crippen molar-refractivity contribution in [3.63, 3.8) is 0 Å². The molecule has 1 atom stereocenters. The van der Waals surface area contributed by atoms with Crippen molar-refractivity contribution in [3.05, 3.63) is 0 Å². The van der Waals surface area contributed by atoms with Crippen molar-refractivity contribution >= 4 is 6.09 Å². The van der Waals surface area contributed by atoms with E-state index < -0.39 is 12.5 Å². The summed E-state index contributed by atoms with van der Waals surface area (Å²) in [4.78, 5) is 12.3. The molecule has 1 aliphatic rings. The zero-order valence-corrected chi connectivity index (χ0v) is 8.92. The third-order valence-corrected chi connectivity index (χ3v) is 2.36. The van der Waals surface area contributed by atoms with Crippen LogP contribution in [0.3, 0.4) is 0 Å². The first-order valence-corrected chi connectivity index (χ1v) is 5.08. The zero-order chi connectivity index (χ0) is 12.2. The van der Waals surface area contributed by atoms with E-state index >= 15 is 0 Å². The summed E-state index contributed by atoms with van der Waals surface area (Å²) < 4.78 is 44.1. The minimum absolute atomic E-state index is 0.170. The molecule has 1 saturated heterocycles. The highest BCUT2D eigenvalue weighted by molar-refractivity contribution is 5.68. The van der Waals surface area contributed by atoms with Crippen LogP contribution >= 0.6 is 0 Å². The van der Waals surface area contributed by atoms with E-state index in [1.54, 1.807) is 6.92 Å². The Morgan fingerprint density at radius 3 is 2.69 bits per heavy atom. The summed E-state index contributed by atoms with van der Waals surface area (Å²) in [5.74, 6) is 0. The van der Waals surface area contributed by atoms with Gasteiger partial charge in [0, 0.05) is 13.2 Å². The van der Waals surface area contributed by atoms with Gasteiger partial charge in [-0.2, -0.15) is 0 Å². The van der Waals surface area contributed by atoms with Crippen molar-refractivity contribution in [2.75, 3.05) is 19.8 Å². The predicted octanol–water partition coefficient (Wildman–Crippen LogP) is 2.14. The molecule has 0 N–H and O–H groups in total. The van der Waals surface area contributed by atoms with Gasteiger partial charge >= 0.3 is 12.5 Å². The van der Waals surface area contributed by atoms with Crippen LogP contribution in [0.15, 0.2) is 0 Å². The Labute approximate surface area is 91.3 Å². The Kier molecular flexibility index (Phi) is 4.40. The fourth-order valence-corrected chi connectivity index (χ4v) is 1.66. The molecule has 94 valence electrons. The third-order valence-electron chi connectivity index (χ3n) is 2.36. The van der Waals surface area contributed by atoms with Crippen LogP contribution in [0.4, 0.5) is 18.0 Å². The number of carbonyl (C=O) groups is 1. The molecule has 0 saturated carbocycles. The van der Waals surface area contributed by atoms with Crippen molar-refractivity contribution < 1.29 is 27.4 Å². The maximum atomic E-state index is 11.9. The second-order valence-electron chi connectivity index (χ2n) is 3.47. The second kappa shape index (κ2) is 5.38. The average Bonchev–Trinajstić information content (AvgIpc) is 2.17. The zero-order valence-electron chi connectivity index (χ0n) is 8.92. The molecule has 1 fully saturated rings. The van der Waals surface area contributed by atoms with Crippen LogP contribution in [-0.2, 0) is 9.47 Å². The molecule has 7 heteroatoms. The predicted molar refractivity (Wildman–Crippen MR) is 48.8 cm³/mol. The van der Waals surface area contributed by atoms with E-state index in [4.69, 9.17) is 4.74 Å². The van der Waals surface area contributed by atoms with Gasteiger partial charge in [0.2, 0.25) is 0 Å². The van der Waals surface area contributed by atoms with Crippen LogP contribution < -0.4 is 0 Å². The van der Waals surface area contributed by atoms with Gasteiger partial charge in [-0.25, -0.2) is 4.79 Å². The standard InChI is InChI=1S/C9H14F3NO3/c1-2-13(7-4-3-5-15-6-7)8(14)16-9(10,11)12/h7H,2-6H2,1H3. The van der Waals surface area contributed by atoms with Crippen LogP contribution in [0.25, 0.3) is 0 Å². The summed E-state index contributed by atoms with van der Waals surface area (Å²) in [5.41, 5.74) is 0. The minimum Gasteiger partial charge on any atom is -0.379 e. The van der Waals surface area contributed by atoms with Gasteiger partial charge in [-0.1, -0.05) is 0 Å². The van der Waals surface area contributed by atoms with Crippen molar-refractivity contribution in [3.8, 4) is 0 Å². The molecule has 0 aromatic heterocycles. The fourth-order valence-electron chi connectivity index (χ4n) is 1.66. The molecule has 0 spiro atoms. The molecule has 16 heavy (non-hydrogen) atoms. The maximum Gasteiger partial charge on any atom is 0.576 e. The molecule has 1 heterocycles. The number of hydrogen-bond acceptors (Lipinski definition) is 3. The molecule has 0 aromatic rings. The molecule has 4 nitrogen and oxygen atoms in total. The second-order valence-corrected chi connectivity index (χ2v) is 3.47. The molecule has 0 aliphatic carbocycles. The van der Waals surface area contributed by atoms with E-state index in [2.05, 4.69) is 4.74 Å². The van der Waals surface area contributed by atoms with Crippen LogP contribution in [0.2, 0.25) is 0 Å². The van der Waals surface area contributed by atoms with E-state index in [0.717, 1.165) is 11.3 Å². The normalized spacial score (nSPS) is 21.6. The highest BCUT2D eigenvalue weighted by Crippen LogP contribution is 2.20. The minimum atomic E-state index is -4.93. The van der Waals surface area contributed by atoms with E-state index in [1.165, 1.54) is 0 Å². The first-order chi connectivity index (χ1) is 7.44. The van der Waals surface area contributed by atoms with Crippen molar-refractivity contribution in [1.29, 1.82) is 0 Å². The van der Waals surface area contributed by atoms with Gasteiger partial charge in [-0.15, -0.1) is 13.2 Å². The van der Waals surface area contributed by atoms with E-state index in [9.17, 15) is 18.0 Å². The largest absolute Gasteiger partial charge is 0.576 e. The number of alkyl halides is 3. The molecule has 0 bridgehead atoms. The lowest BCUT2D eigenvalue weighted by Crippen LogP contribution is -2.46. The van der Waals surface area contributed by atoms with Crippen molar-refractivity contribution in [2.45, 2.75) is 32.2 Å². The summed E-state index contributed by atoms with van der Waals surface area (Å²) in [6.07, 6.45) is -4.91. The summed E-state index contributed by atoms with van der Waals surface area (Å²) >= 11 is 0. The van der Waals surface area contributed by atoms with Crippen LogP contribution in [0, 0.1) is 0 Å². The molecular formula is C9H14F3NO3. The van der Waals surface area contributed by atoms with E-state index in [0.29, 0.717) is 13.0 Å². The van der Waals surface area contributed by atoms with E-state index in [-0.39, 0.29) is 19.2 Å². The summed E-state index contributed by atoms with van der Waals surface area (Å²) in [6.45, 7) is 2.62. The number of amides is 1. The first-order valence-electron chi connectivity index (χ1n) is 5.08. The number of ether oxygens (including phenoxy) is 2. The van der Waals surface area contributed by atoms with Gasteiger partial charge < -0.3 is 14.4 Å². The average molecular weight is 241 g/mol. The molecule has 1 amide bonds. The van der Waals surface area contributed by atoms with Crippen molar-refractivity contribution in [1.82, 2.24) is 4.90 Å². The summed E-state index contributed by atoms with van der Waals surface area (Å²) in [6, 6.07) is -0.325. The van der Waals surface area contributed by atoms with E-state index in [1.807, 2.05) is 0 Å². The van der Waals surface area contributed by atoms with Crippen LogP contribution in [0.5, 0.6) is 0 Å². The van der Waals surface area contributed by atoms with Gasteiger partial charge in [0.1, 0.15) is 0 Å². The Bertz CT molecular complexity index is 239. The molecular weight excluding hydrogens is 227 g/mol. The van der Waals surface area contributed by atoms with Crippen molar-refractivity contribution in [2.24, 2.45) is 0 Å². The number of hydrogen-bond donors (Lipinski definition) is 0. The number of rotatable bonds is 2. The number of halogens is 3. The molecule has 0 aromatic carbocycles. The molecule has 0 radical (unpaired) electrons. The molecule has 1 aliphatic heterocycles. The Hall–Kier alpha value is -0.980. The highest BCUT2D eigenvalue weighted by Gasteiger charge is 2.37. The Balaban J connectivity index is 2.55. The summed E-state index contributed by atoms with van der Waals surface area (Å²) in [7, 11) is 0. The fraction of sp³-hybridized carbons (Fsp3) is 0.889. The molecule has 1 unspecified atom stereocenters. The quantitative estimate of drug-likeness (QED) is 0.743. The number of likely N-dealkylation sites (N-methyl/N-ethyl adjacent to an activating group) is 1. The Morgan fingerprint density at radius 1 is 1.56 bits per heavy atom. The number of nitrogens with zero attached hydrogens (tertiary/aromatic N) is 1.